The number of nitrogens with zero attached hydrogens (tertiary/aromatic N) is 3. The standard InChI is InChI=1S/C16H12N4O5S/c1-9-17-16(19-18-9)26-14(15(21)22)8-12-6-7-13(25-12)10-2-4-11(5-3-10)20(23)24/h2-8H,1H3,(H,21,22)(H,17,18,19)/b14-8-. The molecule has 0 aliphatic heterocycles. The molecule has 2 heterocycles. The van der Waals surface area contributed by atoms with Crippen molar-refractivity contribution in [2.24, 2.45) is 0 Å². The average molecular weight is 372 g/mol. The van der Waals surface area contributed by atoms with Gasteiger partial charge < -0.3 is 9.52 Å². The zero-order chi connectivity index (χ0) is 18.7. The Kier molecular flexibility index (Phi) is 4.85. The van der Waals surface area contributed by atoms with Gasteiger partial charge in [-0.1, -0.05) is 0 Å². The number of nitrogens with one attached hydrogen (secondary N) is 1. The van der Waals surface area contributed by atoms with Crippen molar-refractivity contribution in [2.75, 3.05) is 0 Å². The quantitative estimate of drug-likeness (QED) is 0.290. The number of carboxylic acid groups (broad SMARTS) is 1. The molecule has 0 saturated carbocycles. The van der Waals surface area contributed by atoms with Crippen LogP contribution in [0.25, 0.3) is 17.4 Å². The van der Waals surface area contributed by atoms with Gasteiger partial charge in [0.2, 0.25) is 5.16 Å². The molecule has 1 aromatic carbocycles. The van der Waals surface area contributed by atoms with E-state index in [1.807, 2.05) is 0 Å². The molecule has 0 fully saturated rings. The number of nitro groups is 1. The van der Waals surface area contributed by atoms with E-state index >= 15 is 0 Å². The smallest absolute Gasteiger partial charge is 0.342 e. The van der Waals surface area contributed by atoms with Crippen molar-refractivity contribution in [2.45, 2.75) is 12.1 Å². The second kappa shape index (κ2) is 7.23. The number of hydrogen-bond donors (Lipinski definition) is 2. The highest BCUT2D eigenvalue weighted by atomic mass is 32.2. The Labute approximate surface area is 150 Å². The van der Waals surface area contributed by atoms with Crippen LogP contribution in [0.15, 0.2) is 50.9 Å². The van der Waals surface area contributed by atoms with Crippen LogP contribution >= 0.6 is 11.8 Å². The van der Waals surface area contributed by atoms with E-state index in [1.165, 1.54) is 18.2 Å². The van der Waals surface area contributed by atoms with E-state index in [1.54, 1.807) is 31.2 Å². The molecule has 26 heavy (non-hydrogen) atoms. The highest BCUT2D eigenvalue weighted by molar-refractivity contribution is 8.04. The number of aryl methyl sites for hydroxylation is 1. The molecule has 9 nitrogen and oxygen atoms in total. The van der Waals surface area contributed by atoms with Crippen LogP contribution in [0.1, 0.15) is 11.6 Å². The number of H-pyrrole nitrogens is 1. The van der Waals surface area contributed by atoms with Gasteiger partial charge in [-0.05, 0) is 43.0 Å². The minimum atomic E-state index is -1.13. The first kappa shape index (κ1) is 17.4. The number of benzene rings is 1. The number of non-ortho nitro benzene ring substituents is 1. The van der Waals surface area contributed by atoms with Gasteiger partial charge >= 0.3 is 5.97 Å². The molecule has 0 amide bonds. The summed E-state index contributed by atoms with van der Waals surface area (Å²) in [6.45, 7) is 1.71. The zero-order valence-electron chi connectivity index (χ0n) is 13.4. The first-order valence-electron chi connectivity index (χ1n) is 7.29. The first-order chi connectivity index (χ1) is 12.4. The van der Waals surface area contributed by atoms with Crippen LogP contribution in [-0.4, -0.2) is 31.2 Å². The minimum absolute atomic E-state index is 0.00593. The Balaban J connectivity index is 1.83. The molecule has 0 aliphatic rings. The lowest BCUT2D eigenvalue weighted by Gasteiger charge is -1.98. The Morgan fingerprint density at radius 2 is 2.04 bits per heavy atom. The summed E-state index contributed by atoms with van der Waals surface area (Å²) >= 11 is 0.896. The SMILES string of the molecule is Cc1nc(S/C(=C\c2ccc(-c3ccc([N+](=O)[O-])cc3)o2)C(=O)O)n[nH]1. The zero-order valence-corrected chi connectivity index (χ0v) is 14.2. The molecule has 0 unspecified atom stereocenters. The molecule has 2 aromatic heterocycles. The lowest BCUT2D eigenvalue weighted by Crippen LogP contribution is -1.97. The monoisotopic (exact) mass is 372 g/mol. The number of nitro benzene ring substituents is 1. The van der Waals surface area contributed by atoms with Crippen molar-refractivity contribution >= 4 is 29.5 Å². The number of carboxylic acids is 1. The molecule has 0 saturated heterocycles. The number of aromatic nitrogens is 3. The summed E-state index contributed by atoms with van der Waals surface area (Å²) in [5.74, 6) is 0.242. The summed E-state index contributed by atoms with van der Waals surface area (Å²) in [6, 6.07) is 9.15. The van der Waals surface area contributed by atoms with Crippen molar-refractivity contribution in [1.82, 2.24) is 15.2 Å². The molecule has 0 atom stereocenters. The Bertz CT molecular complexity index is 990. The Morgan fingerprint density at radius 1 is 1.31 bits per heavy atom. The summed E-state index contributed by atoms with van der Waals surface area (Å²) in [5, 5.41) is 26.9. The molecule has 132 valence electrons. The van der Waals surface area contributed by atoms with E-state index in [2.05, 4.69) is 15.2 Å². The van der Waals surface area contributed by atoms with E-state index < -0.39 is 10.9 Å². The van der Waals surface area contributed by atoms with Crippen LogP contribution in [-0.2, 0) is 4.79 Å². The first-order valence-corrected chi connectivity index (χ1v) is 8.10. The number of furan rings is 1. The number of hydrogen-bond acceptors (Lipinski definition) is 7. The molecule has 3 aromatic rings. The number of rotatable bonds is 6. The predicted octanol–water partition coefficient (Wildman–Crippen LogP) is 3.50. The maximum Gasteiger partial charge on any atom is 0.342 e. The summed E-state index contributed by atoms with van der Waals surface area (Å²) in [7, 11) is 0. The van der Waals surface area contributed by atoms with Gasteiger partial charge in [0.25, 0.3) is 5.69 Å². The summed E-state index contributed by atoms with van der Waals surface area (Å²) < 4.78 is 5.62. The van der Waals surface area contributed by atoms with Crippen LogP contribution < -0.4 is 0 Å². The summed E-state index contributed by atoms with van der Waals surface area (Å²) in [4.78, 5) is 25.7. The largest absolute Gasteiger partial charge is 0.477 e. The second-order valence-electron chi connectivity index (χ2n) is 5.13. The van der Waals surface area contributed by atoms with Crippen molar-refractivity contribution in [3.8, 4) is 11.3 Å². The number of aliphatic carboxylic acids is 1. The molecule has 0 radical (unpaired) electrons. The number of thioether (sulfide) groups is 1. The topological polar surface area (TPSA) is 135 Å². The van der Waals surface area contributed by atoms with Crippen LogP contribution in [0.2, 0.25) is 0 Å². The number of aromatic amines is 1. The molecule has 3 rings (SSSR count). The average Bonchev–Trinajstić information content (AvgIpc) is 3.23. The van der Waals surface area contributed by atoms with Crippen molar-refractivity contribution in [3.63, 3.8) is 0 Å². The molecule has 0 bridgehead atoms. The van der Waals surface area contributed by atoms with Gasteiger partial charge in [0.1, 0.15) is 22.3 Å². The van der Waals surface area contributed by atoms with E-state index in [9.17, 15) is 20.0 Å². The van der Waals surface area contributed by atoms with Gasteiger partial charge in [0.15, 0.2) is 0 Å². The molecule has 10 heteroatoms. The number of carbonyl (C=O) groups is 1. The van der Waals surface area contributed by atoms with Crippen LogP contribution in [0, 0.1) is 17.0 Å². The third kappa shape index (κ3) is 3.98. The molecule has 0 aliphatic carbocycles. The highest BCUT2D eigenvalue weighted by Crippen LogP contribution is 2.29. The Hall–Kier alpha value is -3.40. The third-order valence-electron chi connectivity index (χ3n) is 3.25. The van der Waals surface area contributed by atoms with Gasteiger partial charge in [0, 0.05) is 23.8 Å². The van der Waals surface area contributed by atoms with Crippen LogP contribution in [0.4, 0.5) is 5.69 Å². The fourth-order valence-electron chi connectivity index (χ4n) is 2.06. The van der Waals surface area contributed by atoms with E-state index in [0.717, 1.165) is 11.8 Å². The van der Waals surface area contributed by atoms with Crippen LogP contribution in [0.3, 0.4) is 0 Å². The van der Waals surface area contributed by atoms with Gasteiger partial charge in [-0.25, -0.2) is 9.78 Å². The Morgan fingerprint density at radius 3 is 2.62 bits per heavy atom. The summed E-state index contributed by atoms with van der Waals surface area (Å²) in [6.07, 6.45) is 1.37. The van der Waals surface area contributed by atoms with E-state index in [-0.39, 0.29) is 10.6 Å². The predicted molar refractivity (Wildman–Crippen MR) is 93.4 cm³/mol. The molecule has 2 N–H and O–H groups in total. The fraction of sp³-hybridized carbons (Fsp3) is 0.0625. The van der Waals surface area contributed by atoms with Crippen molar-refractivity contribution in [1.29, 1.82) is 0 Å². The van der Waals surface area contributed by atoms with Crippen LogP contribution in [0.5, 0.6) is 0 Å². The normalized spacial score (nSPS) is 11.5. The lowest BCUT2D eigenvalue weighted by atomic mass is 10.1. The van der Waals surface area contributed by atoms with Crippen molar-refractivity contribution in [3.05, 3.63) is 63.0 Å². The van der Waals surface area contributed by atoms with Gasteiger partial charge in [-0.3, -0.25) is 15.2 Å². The minimum Gasteiger partial charge on any atom is -0.477 e. The second-order valence-corrected chi connectivity index (χ2v) is 6.13. The third-order valence-corrected chi connectivity index (χ3v) is 4.13. The summed E-state index contributed by atoms with van der Waals surface area (Å²) in [5.41, 5.74) is 0.621. The molecular weight excluding hydrogens is 360 g/mol. The van der Waals surface area contributed by atoms with Gasteiger partial charge in [0.05, 0.1) is 4.92 Å². The highest BCUT2D eigenvalue weighted by Gasteiger charge is 2.15. The van der Waals surface area contributed by atoms with Crippen molar-refractivity contribution < 1.29 is 19.2 Å². The van der Waals surface area contributed by atoms with E-state index in [0.29, 0.717) is 28.1 Å². The lowest BCUT2D eigenvalue weighted by molar-refractivity contribution is -0.384. The van der Waals surface area contributed by atoms with E-state index in [4.69, 9.17) is 4.42 Å². The van der Waals surface area contributed by atoms with Gasteiger partial charge in [-0.15, -0.1) is 5.10 Å². The van der Waals surface area contributed by atoms with Gasteiger partial charge in [-0.2, -0.15) is 0 Å². The maximum absolute atomic E-state index is 11.4. The maximum atomic E-state index is 11.4. The molecular formula is C16H12N4O5S. The fourth-order valence-corrected chi connectivity index (χ4v) is 2.80. The molecule has 0 spiro atoms.